The van der Waals surface area contributed by atoms with Crippen LogP contribution in [0.4, 0.5) is 5.69 Å². The van der Waals surface area contributed by atoms with Gasteiger partial charge in [0.15, 0.2) is 5.88 Å². The molecule has 0 spiro atoms. The van der Waals surface area contributed by atoms with Gasteiger partial charge in [0.25, 0.3) is 11.5 Å². The SMILES string of the molecule is Cc1c(NC(=O)c2cc(O)[nH]c(=O)c2)cccc1C(=O)O. The van der Waals surface area contributed by atoms with Gasteiger partial charge >= 0.3 is 5.97 Å². The van der Waals surface area contributed by atoms with Gasteiger partial charge < -0.3 is 15.5 Å². The maximum absolute atomic E-state index is 12.0. The van der Waals surface area contributed by atoms with Crippen molar-refractivity contribution in [3.05, 3.63) is 57.4 Å². The number of nitrogens with one attached hydrogen (secondary N) is 2. The lowest BCUT2D eigenvalue weighted by atomic mass is 10.1. The van der Waals surface area contributed by atoms with Crippen molar-refractivity contribution in [1.29, 1.82) is 0 Å². The molecule has 1 aromatic heterocycles. The molecule has 0 saturated carbocycles. The van der Waals surface area contributed by atoms with Crippen LogP contribution in [0.1, 0.15) is 26.3 Å². The van der Waals surface area contributed by atoms with E-state index in [0.717, 1.165) is 12.1 Å². The van der Waals surface area contributed by atoms with Crippen LogP contribution in [0.2, 0.25) is 0 Å². The van der Waals surface area contributed by atoms with Crippen LogP contribution in [0.5, 0.6) is 5.88 Å². The molecular formula is C14H12N2O5. The Kier molecular flexibility index (Phi) is 3.75. The Morgan fingerprint density at radius 2 is 1.95 bits per heavy atom. The molecule has 4 N–H and O–H groups in total. The molecule has 0 bridgehead atoms. The normalized spacial score (nSPS) is 10.1. The first kappa shape index (κ1) is 14.3. The molecule has 1 aromatic carbocycles. The zero-order chi connectivity index (χ0) is 15.6. The quantitative estimate of drug-likeness (QED) is 0.679. The highest BCUT2D eigenvalue weighted by Gasteiger charge is 2.13. The van der Waals surface area contributed by atoms with E-state index in [2.05, 4.69) is 10.3 Å². The highest BCUT2D eigenvalue weighted by molar-refractivity contribution is 6.05. The molecule has 7 nitrogen and oxygen atoms in total. The molecule has 0 atom stereocenters. The van der Waals surface area contributed by atoms with Gasteiger partial charge in [0, 0.05) is 17.8 Å². The van der Waals surface area contributed by atoms with Crippen LogP contribution in [-0.2, 0) is 0 Å². The number of H-pyrrole nitrogens is 1. The van der Waals surface area contributed by atoms with Crippen molar-refractivity contribution in [1.82, 2.24) is 4.98 Å². The number of anilines is 1. The zero-order valence-corrected chi connectivity index (χ0v) is 11.0. The first-order chi connectivity index (χ1) is 9.88. The van der Waals surface area contributed by atoms with E-state index in [0.29, 0.717) is 11.3 Å². The summed E-state index contributed by atoms with van der Waals surface area (Å²) < 4.78 is 0. The molecule has 0 fully saturated rings. The molecule has 2 rings (SSSR count). The third-order valence-electron chi connectivity index (χ3n) is 2.90. The second kappa shape index (κ2) is 5.49. The topological polar surface area (TPSA) is 119 Å². The second-order valence-electron chi connectivity index (χ2n) is 4.36. The number of rotatable bonds is 3. The third kappa shape index (κ3) is 3.08. The highest BCUT2D eigenvalue weighted by Crippen LogP contribution is 2.20. The summed E-state index contributed by atoms with van der Waals surface area (Å²) in [6.45, 7) is 1.56. The predicted octanol–water partition coefficient (Wildman–Crippen LogP) is 1.34. The fraction of sp³-hybridized carbons (Fsp3) is 0.0714. The zero-order valence-electron chi connectivity index (χ0n) is 11.0. The van der Waals surface area contributed by atoms with Crippen molar-refractivity contribution in [2.24, 2.45) is 0 Å². The number of aromatic nitrogens is 1. The summed E-state index contributed by atoms with van der Waals surface area (Å²) >= 11 is 0. The number of hydrogen-bond acceptors (Lipinski definition) is 4. The highest BCUT2D eigenvalue weighted by atomic mass is 16.4. The van der Waals surface area contributed by atoms with Crippen LogP contribution in [0.3, 0.4) is 0 Å². The van der Waals surface area contributed by atoms with E-state index < -0.39 is 23.3 Å². The summed E-state index contributed by atoms with van der Waals surface area (Å²) in [5, 5.41) is 20.8. The summed E-state index contributed by atoms with van der Waals surface area (Å²) in [6, 6.07) is 6.61. The number of aromatic hydroxyl groups is 1. The largest absolute Gasteiger partial charge is 0.494 e. The van der Waals surface area contributed by atoms with Gasteiger partial charge in [-0.2, -0.15) is 0 Å². The number of aromatic amines is 1. The number of carboxylic acid groups (broad SMARTS) is 1. The number of aromatic carboxylic acids is 1. The molecule has 0 aliphatic rings. The summed E-state index contributed by atoms with van der Waals surface area (Å²) in [4.78, 5) is 36.4. The van der Waals surface area contributed by atoms with Gasteiger partial charge in [-0.1, -0.05) is 6.07 Å². The number of carbonyl (C=O) groups is 2. The number of hydrogen-bond donors (Lipinski definition) is 4. The maximum Gasteiger partial charge on any atom is 0.336 e. The molecule has 108 valence electrons. The van der Waals surface area contributed by atoms with Crippen LogP contribution in [-0.4, -0.2) is 27.1 Å². The maximum atomic E-state index is 12.0. The molecule has 21 heavy (non-hydrogen) atoms. The monoisotopic (exact) mass is 288 g/mol. The lowest BCUT2D eigenvalue weighted by Gasteiger charge is -2.10. The van der Waals surface area contributed by atoms with Gasteiger partial charge in [-0.3, -0.25) is 14.6 Å². The predicted molar refractivity (Wildman–Crippen MR) is 74.8 cm³/mol. The smallest absolute Gasteiger partial charge is 0.336 e. The van der Waals surface area contributed by atoms with Crippen molar-refractivity contribution in [2.75, 3.05) is 5.32 Å². The molecule has 0 unspecified atom stereocenters. The molecule has 0 aliphatic heterocycles. The number of pyridine rings is 1. The Bertz CT molecular complexity index is 779. The van der Waals surface area contributed by atoms with Crippen LogP contribution >= 0.6 is 0 Å². The van der Waals surface area contributed by atoms with Crippen molar-refractivity contribution in [3.63, 3.8) is 0 Å². The fourth-order valence-corrected chi connectivity index (χ4v) is 1.86. The van der Waals surface area contributed by atoms with Crippen LogP contribution in [0, 0.1) is 6.92 Å². The van der Waals surface area contributed by atoms with Crippen molar-refractivity contribution < 1.29 is 19.8 Å². The first-order valence-electron chi connectivity index (χ1n) is 5.96. The number of carbonyl (C=O) groups excluding carboxylic acids is 1. The number of amides is 1. The Morgan fingerprint density at radius 3 is 2.57 bits per heavy atom. The minimum absolute atomic E-state index is 0.0311. The Hall–Kier alpha value is -3.09. The molecule has 2 aromatic rings. The molecule has 0 radical (unpaired) electrons. The summed E-state index contributed by atoms with van der Waals surface area (Å²) in [5.74, 6) is -2.15. The second-order valence-corrected chi connectivity index (χ2v) is 4.36. The average Bonchev–Trinajstić information content (AvgIpc) is 2.39. The van der Waals surface area contributed by atoms with E-state index >= 15 is 0 Å². The van der Waals surface area contributed by atoms with Gasteiger partial charge in [0.05, 0.1) is 11.1 Å². The third-order valence-corrected chi connectivity index (χ3v) is 2.90. The molecule has 1 heterocycles. The summed E-state index contributed by atoms with van der Waals surface area (Å²) in [5.41, 5.74) is 0.140. The molecule has 7 heteroatoms. The van der Waals surface area contributed by atoms with E-state index in [-0.39, 0.29) is 11.1 Å². The van der Waals surface area contributed by atoms with Crippen molar-refractivity contribution >= 4 is 17.6 Å². The van der Waals surface area contributed by atoms with Gasteiger partial charge in [-0.15, -0.1) is 0 Å². The summed E-state index contributed by atoms with van der Waals surface area (Å²) in [7, 11) is 0. The van der Waals surface area contributed by atoms with Crippen molar-refractivity contribution in [2.45, 2.75) is 6.92 Å². The molecule has 0 saturated heterocycles. The van der Waals surface area contributed by atoms with Gasteiger partial charge in [0.1, 0.15) is 0 Å². The van der Waals surface area contributed by atoms with E-state index in [1.165, 1.54) is 12.1 Å². The molecular weight excluding hydrogens is 276 g/mol. The standard InChI is InChI=1S/C14H12N2O5/c1-7-9(14(20)21)3-2-4-10(7)15-13(19)8-5-11(17)16-12(18)6-8/h2-6H,1H3,(H,15,19)(H,20,21)(H2,16,17,18). The molecule has 0 aliphatic carbocycles. The van der Waals surface area contributed by atoms with Gasteiger partial charge in [-0.25, -0.2) is 4.79 Å². The minimum Gasteiger partial charge on any atom is -0.494 e. The Labute approximate surface area is 118 Å². The Balaban J connectivity index is 2.34. The number of benzene rings is 1. The van der Waals surface area contributed by atoms with Crippen LogP contribution in [0.15, 0.2) is 35.1 Å². The van der Waals surface area contributed by atoms with Gasteiger partial charge in [-0.05, 0) is 24.6 Å². The lowest BCUT2D eigenvalue weighted by molar-refractivity contribution is 0.0695. The van der Waals surface area contributed by atoms with Crippen LogP contribution < -0.4 is 10.9 Å². The average molecular weight is 288 g/mol. The minimum atomic E-state index is -1.10. The first-order valence-corrected chi connectivity index (χ1v) is 5.96. The van der Waals surface area contributed by atoms with Crippen molar-refractivity contribution in [3.8, 4) is 5.88 Å². The van der Waals surface area contributed by atoms with E-state index in [9.17, 15) is 19.5 Å². The Morgan fingerprint density at radius 1 is 1.24 bits per heavy atom. The lowest BCUT2D eigenvalue weighted by Crippen LogP contribution is -2.17. The fourth-order valence-electron chi connectivity index (χ4n) is 1.86. The van der Waals surface area contributed by atoms with E-state index in [1.54, 1.807) is 13.0 Å². The molecule has 1 amide bonds. The van der Waals surface area contributed by atoms with Gasteiger partial charge in [0.2, 0.25) is 0 Å². The van der Waals surface area contributed by atoms with Crippen LogP contribution in [0.25, 0.3) is 0 Å². The number of carboxylic acids is 1. The van der Waals surface area contributed by atoms with E-state index in [4.69, 9.17) is 5.11 Å². The summed E-state index contributed by atoms with van der Waals surface area (Å²) in [6.07, 6.45) is 0. The van der Waals surface area contributed by atoms with E-state index in [1.807, 2.05) is 0 Å².